The Labute approximate surface area is 143 Å². The highest BCUT2D eigenvalue weighted by Crippen LogP contribution is 2.20. The molecule has 1 unspecified atom stereocenters. The van der Waals surface area contributed by atoms with Crippen molar-refractivity contribution in [2.45, 2.75) is 18.9 Å². The first-order valence-electron chi connectivity index (χ1n) is 8.29. The molecule has 3 heterocycles. The Morgan fingerprint density at radius 1 is 1.36 bits per heavy atom. The summed E-state index contributed by atoms with van der Waals surface area (Å²) in [5.41, 5.74) is 0.477. The minimum absolute atomic E-state index is 0.0594. The number of aromatic amines is 1. The lowest BCUT2D eigenvalue weighted by molar-refractivity contribution is 0.0907. The molecule has 1 aliphatic rings. The van der Waals surface area contributed by atoms with Crippen LogP contribution >= 0.6 is 0 Å². The number of hydrogen-bond acceptors (Lipinski definition) is 5. The minimum atomic E-state index is -0.238. The summed E-state index contributed by atoms with van der Waals surface area (Å²) in [6.07, 6.45) is 4.80. The monoisotopic (exact) mass is 338 g/mol. The van der Waals surface area contributed by atoms with Crippen LogP contribution in [0.25, 0.3) is 11.0 Å². The van der Waals surface area contributed by atoms with Gasteiger partial charge in [0.1, 0.15) is 5.58 Å². The van der Waals surface area contributed by atoms with Crippen LogP contribution in [-0.4, -0.2) is 35.0 Å². The van der Waals surface area contributed by atoms with Crippen molar-refractivity contribution in [2.75, 3.05) is 18.0 Å². The maximum Gasteiger partial charge on any atom is 0.290 e. The summed E-state index contributed by atoms with van der Waals surface area (Å²) in [5.74, 6) is 0.456. The molecule has 0 saturated carbocycles. The van der Waals surface area contributed by atoms with Crippen LogP contribution in [0.15, 0.2) is 51.9 Å². The van der Waals surface area contributed by atoms with Gasteiger partial charge in [0.2, 0.25) is 0 Å². The van der Waals surface area contributed by atoms with Crippen molar-refractivity contribution in [1.82, 2.24) is 15.3 Å². The second-order valence-electron chi connectivity index (χ2n) is 6.15. The van der Waals surface area contributed by atoms with E-state index >= 15 is 0 Å². The summed E-state index contributed by atoms with van der Waals surface area (Å²) in [6, 6.07) is 9.21. The molecule has 0 spiro atoms. The van der Waals surface area contributed by atoms with Crippen molar-refractivity contribution in [3.05, 3.63) is 58.8 Å². The van der Waals surface area contributed by atoms with E-state index in [9.17, 15) is 9.59 Å². The largest absolute Gasteiger partial charge is 0.451 e. The number of piperidine rings is 1. The minimum Gasteiger partial charge on any atom is -0.451 e. The zero-order chi connectivity index (χ0) is 17.2. The van der Waals surface area contributed by atoms with Crippen molar-refractivity contribution < 1.29 is 9.21 Å². The number of fused-ring (bicyclic) bond motifs is 1. The van der Waals surface area contributed by atoms with E-state index in [1.54, 1.807) is 12.3 Å². The molecule has 0 aliphatic carbocycles. The SMILES string of the molecule is O=C(NC1CCCN(c2ncc[nH]c2=O)C1)c1cc2ccccc2o1. The lowest BCUT2D eigenvalue weighted by Gasteiger charge is -2.33. The van der Waals surface area contributed by atoms with E-state index in [0.29, 0.717) is 23.7 Å². The molecule has 2 aromatic heterocycles. The maximum absolute atomic E-state index is 12.5. The van der Waals surface area contributed by atoms with E-state index in [1.165, 1.54) is 6.20 Å². The molecule has 1 amide bonds. The van der Waals surface area contributed by atoms with Crippen LogP contribution in [0.4, 0.5) is 5.82 Å². The molecular weight excluding hydrogens is 320 g/mol. The molecule has 7 heteroatoms. The fourth-order valence-electron chi connectivity index (χ4n) is 3.21. The first-order valence-corrected chi connectivity index (χ1v) is 8.29. The molecule has 128 valence electrons. The van der Waals surface area contributed by atoms with Crippen LogP contribution in [0.2, 0.25) is 0 Å². The van der Waals surface area contributed by atoms with Crippen LogP contribution in [0.3, 0.4) is 0 Å². The number of rotatable bonds is 3. The predicted octanol–water partition coefficient (Wildman–Crippen LogP) is 1.91. The van der Waals surface area contributed by atoms with Gasteiger partial charge < -0.3 is 19.6 Å². The average molecular weight is 338 g/mol. The number of carbonyl (C=O) groups is 1. The third-order valence-electron chi connectivity index (χ3n) is 4.39. The molecule has 0 radical (unpaired) electrons. The van der Waals surface area contributed by atoms with E-state index in [0.717, 1.165) is 24.8 Å². The van der Waals surface area contributed by atoms with Gasteiger partial charge in [-0.2, -0.15) is 0 Å². The Kier molecular flexibility index (Phi) is 3.97. The van der Waals surface area contributed by atoms with Crippen LogP contribution in [-0.2, 0) is 0 Å². The number of carbonyl (C=O) groups excluding carboxylic acids is 1. The number of anilines is 1. The third-order valence-corrected chi connectivity index (χ3v) is 4.39. The quantitative estimate of drug-likeness (QED) is 0.761. The number of hydrogen-bond donors (Lipinski definition) is 2. The van der Waals surface area contributed by atoms with E-state index < -0.39 is 0 Å². The second kappa shape index (κ2) is 6.43. The molecule has 3 aromatic rings. The lowest BCUT2D eigenvalue weighted by atomic mass is 10.1. The number of amides is 1. The molecule has 7 nitrogen and oxygen atoms in total. The summed E-state index contributed by atoms with van der Waals surface area (Å²) in [4.78, 5) is 33.1. The average Bonchev–Trinajstić information content (AvgIpc) is 3.07. The fraction of sp³-hybridized carbons (Fsp3) is 0.278. The number of nitrogens with zero attached hydrogens (tertiary/aromatic N) is 2. The van der Waals surface area contributed by atoms with Crippen molar-refractivity contribution in [1.29, 1.82) is 0 Å². The van der Waals surface area contributed by atoms with Gasteiger partial charge in [0.15, 0.2) is 11.6 Å². The first-order chi connectivity index (χ1) is 12.2. The van der Waals surface area contributed by atoms with Crippen molar-refractivity contribution >= 4 is 22.7 Å². The van der Waals surface area contributed by atoms with Crippen molar-refractivity contribution in [3.8, 4) is 0 Å². The Balaban J connectivity index is 1.47. The zero-order valence-corrected chi connectivity index (χ0v) is 13.6. The number of para-hydroxylation sites is 1. The lowest BCUT2D eigenvalue weighted by Crippen LogP contribution is -2.49. The van der Waals surface area contributed by atoms with Gasteiger partial charge >= 0.3 is 0 Å². The summed E-state index contributed by atoms with van der Waals surface area (Å²) >= 11 is 0. The fourth-order valence-corrected chi connectivity index (χ4v) is 3.21. The van der Waals surface area contributed by atoms with Crippen LogP contribution in [0, 0.1) is 0 Å². The molecular formula is C18H18N4O3. The smallest absolute Gasteiger partial charge is 0.290 e. The highest BCUT2D eigenvalue weighted by molar-refractivity contribution is 5.96. The van der Waals surface area contributed by atoms with Gasteiger partial charge in [-0.3, -0.25) is 9.59 Å². The summed E-state index contributed by atoms with van der Waals surface area (Å²) in [6.45, 7) is 1.29. The maximum atomic E-state index is 12.5. The topological polar surface area (TPSA) is 91.2 Å². The highest BCUT2D eigenvalue weighted by Gasteiger charge is 2.25. The van der Waals surface area contributed by atoms with Crippen molar-refractivity contribution in [2.24, 2.45) is 0 Å². The molecule has 0 bridgehead atoms. The van der Waals surface area contributed by atoms with Crippen LogP contribution < -0.4 is 15.8 Å². The molecule has 1 saturated heterocycles. The molecule has 2 N–H and O–H groups in total. The van der Waals surface area contributed by atoms with Gasteiger partial charge in [-0.1, -0.05) is 18.2 Å². The van der Waals surface area contributed by atoms with Gasteiger partial charge in [-0.25, -0.2) is 4.98 Å². The van der Waals surface area contributed by atoms with Gasteiger partial charge in [0, 0.05) is 36.9 Å². The number of nitrogens with one attached hydrogen (secondary N) is 2. The number of H-pyrrole nitrogens is 1. The third kappa shape index (κ3) is 3.13. The van der Waals surface area contributed by atoms with Gasteiger partial charge in [0.25, 0.3) is 11.5 Å². The Morgan fingerprint density at radius 3 is 3.08 bits per heavy atom. The molecule has 1 aliphatic heterocycles. The zero-order valence-electron chi connectivity index (χ0n) is 13.6. The van der Waals surface area contributed by atoms with Crippen LogP contribution in [0.5, 0.6) is 0 Å². The number of benzene rings is 1. The first kappa shape index (κ1) is 15.4. The summed E-state index contributed by atoms with van der Waals surface area (Å²) in [7, 11) is 0. The molecule has 1 atom stereocenters. The summed E-state index contributed by atoms with van der Waals surface area (Å²) in [5, 5.41) is 3.90. The van der Waals surface area contributed by atoms with E-state index in [-0.39, 0.29) is 17.5 Å². The molecule has 1 fully saturated rings. The Bertz CT molecular complexity index is 929. The normalized spacial score (nSPS) is 17.6. The second-order valence-corrected chi connectivity index (χ2v) is 6.15. The molecule has 4 rings (SSSR count). The van der Waals surface area contributed by atoms with Crippen molar-refractivity contribution in [3.63, 3.8) is 0 Å². The number of aromatic nitrogens is 2. The van der Waals surface area contributed by atoms with E-state index in [1.807, 2.05) is 29.2 Å². The van der Waals surface area contributed by atoms with E-state index in [4.69, 9.17) is 4.42 Å². The Hall–Kier alpha value is -3.09. The van der Waals surface area contributed by atoms with E-state index in [2.05, 4.69) is 15.3 Å². The number of furan rings is 1. The summed E-state index contributed by atoms with van der Waals surface area (Å²) < 4.78 is 5.61. The van der Waals surface area contributed by atoms with Gasteiger partial charge in [-0.15, -0.1) is 0 Å². The standard InChI is InChI=1S/C18H18N4O3/c23-17(15-10-12-4-1-2-6-14(12)25-15)21-13-5-3-9-22(11-13)16-18(24)20-8-7-19-16/h1-2,4,6-8,10,13H,3,5,9,11H2,(H,20,24)(H,21,23). The highest BCUT2D eigenvalue weighted by atomic mass is 16.3. The predicted molar refractivity (Wildman–Crippen MR) is 93.8 cm³/mol. The van der Waals surface area contributed by atoms with Crippen LogP contribution in [0.1, 0.15) is 23.4 Å². The molecule has 25 heavy (non-hydrogen) atoms. The Morgan fingerprint density at radius 2 is 2.24 bits per heavy atom. The molecule has 1 aromatic carbocycles. The van der Waals surface area contributed by atoms with Gasteiger partial charge in [-0.05, 0) is 25.0 Å². The van der Waals surface area contributed by atoms with Gasteiger partial charge in [0.05, 0.1) is 0 Å².